The summed E-state index contributed by atoms with van der Waals surface area (Å²) in [6.45, 7) is 4.13. The fourth-order valence-electron chi connectivity index (χ4n) is 1.58. The molecule has 0 atom stereocenters. The smallest absolute Gasteiger partial charge is 0.301 e. The molecule has 2 aromatic rings. The highest BCUT2D eigenvalue weighted by molar-refractivity contribution is 6.04. The lowest BCUT2D eigenvalue weighted by atomic mass is 10.2. The van der Waals surface area contributed by atoms with Crippen LogP contribution in [0.25, 0.3) is 0 Å². The summed E-state index contributed by atoms with van der Waals surface area (Å²) in [6.07, 6.45) is 1.46. The van der Waals surface area contributed by atoms with Gasteiger partial charge in [0.2, 0.25) is 0 Å². The van der Waals surface area contributed by atoms with Gasteiger partial charge in [-0.1, -0.05) is 0 Å². The second-order valence-corrected chi connectivity index (χ2v) is 3.97. The van der Waals surface area contributed by atoms with Gasteiger partial charge in [-0.2, -0.15) is 4.98 Å². The summed E-state index contributed by atoms with van der Waals surface area (Å²) >= 11 is 0. The van der Waals surface area contributed by atoms with Crippen molar-refractivity contribution in [3.05, 3.63) is 35.7 Å². The van der Waals surface area contributed by atoms with E-state index < -0.39 is 0 Å². The number of nitrogen functional groups attached to an aromatic ring is 1. The van der Waals surface area contributed by atoms with Gasteiger partial charge >= 0.3 is 6.01 Å². The minimum Gasteiger partial charge on any atom is -0.494 e. The molecule has 6 nitrogen and oxygen atoms in total. The number of hydrogen-bond acceptors (Lipinski definition) is 5. The molecule has 1 amide bonds. The van der Waals surface area contributed by atoms with Crippen LogP contribution in [0.4, 0.5) is 11.7 Å². The Morgan fingerprint density at radius 1 is 1.47 bits per heavy atom. The number of oxazole rings is 1. The highest BCUT2D eigenvalue weighted by Gasteiger charge is 2.11. The minimum absolute atomic E-state index is 0.155. The molecule has 0 spiro atoms. The van der Waals surface area contributed by atoms with E-state index in [-0.39, 0.29) is 11.9 Å². The molecule has 1 heterocycles. The molecule has 6 heteroatoms. The molecule has 0 aliphatic carbocycles. The van der Waals surface area contributed by atoms with Gasteiger partial charge in [0.05, 0.1) is 12.3 Å². The van der Waals surface area contributed by atoms with Crippen molar-refractivity contribution in [1.82, 2.24) is 4.98 Å². The molecule has 19 heavy (non-hydrogen) atoms. The van der Waals surface area contributed by atoms with E-state index in [1.807, 2.05) is 6.92 Å². The Morgan fingerprint density at radius 2 is 2.26 bits per heavy atom. The van der Waals surface area contributed by atoms with Crippen molar-refractivity contribution in [3.63, 3.8) is 0 Å². The molecular weight excluding hydrogens is 246 g/mol. The van der Waals surface area contributed by atoms with Crippen LogP contribution in [0, 0.1) is 6.92 Å². The Hall–Kier alpha value is -2.50. The summed E-state index contributed by atoms with van der Waals surface area (Å²) in [5, 5.41) is 2.55. The van der Waals surface area contributed by atoms with Crippen molar-refractivity contribution < 1.29 is 13.9 Å². The SMILES string of the molecule is CCOc1cc(N)cc(C(=O)Nc2nc(C)co2)c1. The van der Waals surface area contributed by atoms with Gasteiger partial charge in [0.15, 0.2) is 0 Å². The molecule has 0 unspecified atom stereocenters. The molecule has 0 aliphatic rings. The van der Waals surface area contributed by atoms with Crippen LogP contribution in [0.15, 0.2) is 28.9 Å². The Bertz CT molecular complexity index is 593. The van der Waals surface area contributed by atoms with Crippen molar-refractivity contribution in [1.29, 1.82) is 0 Å². The van der Waals surface area contributed by atoms with E-state index in [9.17, 15) is 4.79 Å². The van der Waals surface area contributed by atoms with Crippen LogP contribution in [-0.4, -0.2) is 17.5 Å². The maximum absolute atomic E-state index is 12.0. The maximum Gasteiger partial charge on any atom is 0.301 e. The molecule has 0 saturated carbocycles. The zero-order valence-corrected chi connectivity index (χ0v) is 10.8. The normalized spacial score (nSPS) is 10.2. The van der Waals surface area contributed by atoms with E-state index in [2.05, 4.69) is 10.3 Å². The monoisotopic (exact) mass is 261 g/mol. The zero-order valence-electron chi connectivity index (χ0n) is 10.8. The first-order valence-electron chi connectivity index (χ1n) is 5.85. The number of nitrogens with two attached hydrogens (primary N) is 1. The highest BCUT2D eigenvalue weighted by atomic mass is 16.5. The highest BCUT2D eigenvalue weighted by Crippen LogP contribution is 2.20. The lowest BCUT2D eigenvalue weighted by Gasteiger charge is -2.07. The second kappa shape index (κ2) is 5.43. The number of hydrogen-bond donors (Lipinski definition) is 2. The molecule has 2 rings (SSSR count). The third-order valence-electron chi connectivity index (χ3n) is 2.34. The number of benzene rings is 1. The number of carbonyl (C=O) groups is 1. The second-order valence-electron chi connectivity index (χ2n) is 3.97. The Morgan fingerprint density at radius 3 is 2.89 bits per heavy atom. The predicted molar refractivity (Wildman–Crippen MR) is 71.2 cm³/mol. The van der Waals surface area contributed by atoms with Gasteiger partial charge in [-0.3, -0.25) is 10.1 Å². The van der Waals surface area contributed by atoms with E-state index in [4.69, 9.17) is 14.9 Å². The number of ether oxygens (including phenoxy) is 1. The molecule has 1 aromatic carbocycles. The number of anilines is 2. The fourth-order valence-corrected chi connectivity index (χ4v) is 1.58. The van der Waals surface area contributed by atoms with Crippen molar-refractivity contribution in [2.45, 2.75) is 13.8 Å². The Labute approximate surface area is 110 Å². The Kier molecular flexibility index (Phi) is 3.70. The van der Waals surface area contributed by atoms with Crippen LogP contribution in [0.5, 0.6) is 5.75 Å². The standard InChI is InChI=1S/C13H15N3O3/c1-3-18-11-5-9(4-10(14)6-11)12(17)16-13-15-8(2)7-19-13/h4-7H,3,14H2,1-2H3,(H,15,16,17). The summed E-state index contributed by atoms with van der Waals surface area (Å²) in [4.78, 5) is 16.0. The molecule has 0 bridgehead atoms. The molecule has 100 valence electrons. The molecular formula is C13H15N3O3. The minimum atomic E-state index is -0.352. The summed E-state index contributed by atoms with van der Waals surface area (Å²) in [5.74, 6) is 0.200. The van der Waals surface area contributed by atoms with Crippen molar-refractivity contribution >= 4 is 17.6 Å². The van der Waals surface area contributed by atoms with E-state index in [1.165, 1.54) is 6.26 Å². The number of nitrogens with one attached hydrogen (secondary N) is 1. The van der Waals surface area contributed by atoms with Crippen molar-refractivity contribution in [3.8, 4) is 5.75 Å². The molecule has 1 aromatic heterocycles. The van der Waals surface area contributed by atoms with E-state index in [0.29, 0.717) is 29.3 Å². The van der Waals surface area contributed by atoms with Crippen molar-refractivity contribution in [2.75, 3.05) is 17.7 Å². The number of nitrogens with zero attached hydrogens (tertiary/aromatic N) is 1. The first-order chi connectivity index (χ1) is 9.08. The predicted octanol–water partition coefficient (Wildman–Crippen LogP) is 2.22. The van der Waals surface area contributed by atoms with Crippen LogP contribution < -0.4 is 15.8 Å². The van der Waals surface area contributed by atoms with Crippen LogP contribution in [0.1, 0.15) is 23.0 Å². The number of rotatable bonds is 4. The van der Waals surface area contributed by atoms with Crippen LogP contribution in [0.3, 0.4) is 0 Å². The van der Waals surface area contributed by atoms with Gasteiger partial charge in [-0.05, 0) is 26.0 Å². The number of carbonyl (C=O) groups excluding carboxylic acids is 1. The molecule has 0 aliphatic heterocycles. The largest absolute Gasteiger partial charge is 0.494 e. The van der Waals surface area contributed by atoms with Crippen molar-refractivity contribution in [2.24, 2.45) is 0 Å². The van der Waals surface area contributed by atoms with Crippen LogP contribution >= 0.6 is 0 Å². The number of aryl methyl sites for hydroxylation is 1. The van der Waals surface area contributed by atoms with E-state index in [1.54, 1.807) is 25.1 Å². The summed E-state index contributed by atoms with van der Waals surface area (Å²) in [6, 6.07) is 5.00. The molecule has 0 fully saturated rings. The summed E-state index contributed by atoms with van der Waals surface area (Å²) in [5.41, 5.74) is 7.26. The molecule has 0 radical (unpaired) electrons. The third kappa shape index (κ3) is 3.25. The first-order valence-corrected chi connectivity index (χ1v) is 5.85. The van der Waals surface area contributed by atoms with Crippen LogP contribution in [-0.2, 0) is 0 Å². The third-order valence-corrected chi connectivity index (χ3v) is 2.34. The van der Waals surface area contributed by atoms with Gasteiger partial charge in [0.25, 0.3) is 5.91 Å². The van der Waals surface area contributed by atoms with Crippen LogP contribution in [0.2, 0.25) is 0 Å². The van der Waals surface area contributed by atoms with Gasteiger partial charge < -0.3 is 14.9 Å². The van der Waals surface area contributed by atoms with Gasteiger partial charge in [-0.15, -0.1) is 0 Å². The summed E-state index contributed by atoms with van der Waals surface area (Å²) in [7, 11) is 0. The lowest BCUT2D eigenvalue weighted by molar-refractivity contribution is 0.102. The summed E-state index contributed by atoms with van der Waals surface area (Å²) < 4.78 is 10.4. The van der Waals surface area contributed by atoms with Gasteiger partial charge in [0.1, 0.15) is 12.0 Å². The average molecular weight is 261 g/mol. The molecule has 3 N–H and O–H groups in total. The van der Waals surface area contributed by atoms with Gasteiger partial charge in [-0.25, -0.2) is 0 Å². The number of aromatic nitrogens is 1. The fraction of sp³-hybridized carbons (Fsp3) is 0.231. The maximum atomic E-state index is 12.0. The molecule has 0 saturated heterocycles. The van der Waals surface area contributed by atoms with E-state index in [0.717, 1.165) is 0 Å². The van der Waals surface area contributed by atoms with Gasteiger partial charge in [0, 0.05) is 17.3 Å². The number of amides is 1. The lowest BCUT2D eigenvalue weighted by Crippen LogP contribution is -2.12. The topological polar surface area (TPSA) is 90.4 Å². The van der Waals surface area contributed by atoms with E-state index >= 15 is 0 Å². The zero-order chi connectivity index (χ0) is 13.8. The quantitative estimate of drug-likeness (QED) is 0.823. The first kappa shape index (κ1) is 12.9. The average Bonchev–Trinajstić information content (AvgIpc) is 2.74. The Balaban J connectivity index is 2.18.